The van der Waals surface area contributed by atoms with E-state index in [2.05, 4.69) is 10.2 Å². The molecule has 1 aromatic rings. The van der Waals surface area contributed by atoms with Crippen molar-refractivity contribution in [3.05, 3.63) is 23.3 Å². The quantitative estimate of drug-likeness (QED) is 0.594. The van der Waals surface area contributed by atoms with Crippen LogP contribution < -0.4 is 14.8 Å². The number of aliphatic hydroxyl groups is 1. The van der Waals surface area contributed by atoms with Crippen molar-refractivity contribution in [1.29, 1.82) is 0 Å². The van der Waals surface area contributed by atoms with Gasteiger partial charge in [-0.15, -0.1) is 12.4 Å². The number of amides is 1. The Morgan fingerprint density at radius 2 is 2.03 bits per heavy atom. The van der Waals surface area contributed by atoms with E-state index < -0.39 is 35.2 Å². The van der Waals surface area contributed by atoms with Gasteiger partial charge in [0.2, 0.25) is 0 Å². The number of halogens is 1. The summed E-state index contributed by atoms with van der Waals surface area (Å²) in [6.07, 6.45) is 0.0692. The van der Waals surface area contributed by atoms with E-state index in [1.807, 2.05) is 13.1 Å². The molecule has 0 aromatic heterocycles. The molecular weight excluding hydrogens is 452 g/mol. The Morgan fingerprint density at radius 3 is 2.70 bits per heavy atom. The molecule has 1 saturated carbocycles. The third-order valence-corrected chi connectivity index (χ3v) is 7.92. The van der Waals surface area contributed by atoms with Crippen molar-refractivity contribution in [2.45, 2.75) is 68.7 Å². The van der Waals surface area contributed by atoms with Crippen LogP contribution in [-0.4, -0.2) is 70.3 Å². The molecule has 2 aliphatic carbocycles. The van der Waals surface area contributed by atoms with Crippen LogP contribution in [0, 0.1) is 5.92 Å². The van der Waals surface area contributed by atoms with E-state index in [-0.39, 0.29) is 42.3 Å². The van der Waals surface area contributed by atoms with Gasteiger partial charge >= 0.3 is 12.1 Å². The van der Waals surface area contributed by atoms with Crippen LogP contribution in [0.25, 0.3) is 0 Å². The Balaban J connectivity index is 0.00000259. The first-order valence-corrected chi connectivity index (χ1v) is 11.1. The van der Waals surface area contributed by atoms with Crippen molar-refractivity contribution in [3.63, 3.8) is 0 Å². The average Bonchev–Trinajstić information content (AvgIpc) is 3.08. The summed E-state index contributed by atoms with van der Waals surface area (Å²) in [5.74, 6) is -1.09. The third kappa shape index (κ3) is 3.09. The molecule has 33 heavy (non-hydrogen) atoms. The number of likely N-dealkylation sites (N-methyl/N-ethyl adjacent to an activating group) is 1. The van der Waals surface area contributed by atoms with Gasteiger partial charge in [-0.1, -0.05) is 19.9 Å². The number of rotatable bonds is 4. The first-order valence-electron chi connectivity index (χ1n) is 11.1. The molecule has 1 amide bonds. The van der Waals surface area contributed by atoms with E-state index in [1.54, 1.807) is 19.9 Å². The lowest BCUT2D eigenvalue weighted by atomic mass is 9.49. The number of piperidine rings is 1. The molecule has 2 bridgehead atoms. The van der Waals surface area contributed by atoms with Crippen molar-refractivity contribution < 1.29 is 34.1 Å². The van der Waals surface area contributed by atoms with Crippen LogP contribution >= 0.6 is 12.4 Å². The number of hydrogen-bond acceptors (Lipinski definition) is 7. The summed E-state index contributed by atoms with van der Waals surface area (Å²) in [7, 11) is 2.00. The number of ether oxygens (including phenoxy) is 2. The van der Waals surface area contributed by atoms with E-state index in [0.29, 0.717) is 25.0 Å². The Hall–Kier alpha value is -2.36. The van der Waals surface area contributed by atoms with Crippen LogP contribution in [0.15, 0.2) is 12.1 Å². The number of benzene rings is 1. The summed E-state index contributed by atoms with van der Waals surface area (Å²) in [5, 5.41) is 23.7. The van der Waals surface area contributed by atoms with E-state index in [0.717, 1.165) is 17.7 Å². The van der Waals surface area contributed by atoms with Crippen LogP contribution in [0.1, 0.15) is 44.2 Å². The molecular formula is C23H29ClN2O7. The predicted octanol–water partition coefficient (Wildman–Crippen LogP) is 1.66. The summed E-state index contributed by atoms with van der Waals surface area (Å²) in [4.78, 5) is 39.0. The van der Waals surface area contributed by atoms with E-state index in [4.69, 9.17) is 9.47 Å². The number of aliphatic carboxylic acids is 1. The monoisotopic (exact) mass is 480 g/mol. The lowest BCUT2D eigenvalue weighted by Gasteiger charge is -2.61. The summed E-state index contributed by atoms with van der Waals surface area (Å²) in [5.41, 5.74) is -0.216. The minimum Gasteiger partial charge on any atom is -0.480 e. The third-order valence-electron chi connectivity index (χ3n) is 7.92. The highest BCUT2D eigenvalue weighted by molar-refractivity contribution is 5.90. The van der Waals surface area contributed by atoms with Gasteiger partial charge in [-0.25, -0.2) is 9.59 Å². The number of ketones is 1. The van der Waals surface area contributed by atoms with Crippen molar-refractivity contribution in [2.75, 3.05) is 13.6 Å². The summed E-state index contributed by atoms with van der Waals surface area (Å²) < 4.78 is 11.7. The predicted molar refractivity (Wildman–Crippen MR) is 119 cm³/mol. The molecule has 4 aliphatic rings. The molecule has 180 valence electrons. The van der Waals surface area contributed by atoms with E-state index in [9.17, 15) is 24.6 Å². The number of carboxylic acid groups (broad SMARTS) is 1. The maximum Gasteiger partial charge on any atom is 0.413 e. The molecule has 2 aliphatic heterocycles. The molecule has 1 aromatic carbocycles. The molecule has 3 N–H and O–H groups in total. The SMILES string of the molecule is CC(C)C(NC(=O)Oc1ccc2c3c1O[C@@H]1C(=O)CCC4(O)[C@@H](C2)N(C)CC[C@]314)C(=O)O.Cl. The minimum atomic E-state index is -1.15. The van der Waals surface area contributed by atoms with Gasteiger partial charge in [-0.2, -0.15) is 0 Å². The number of likely N-dealkylation sites (tertiary alicyclic amines) is 1. The minimum absolute atomic E-state index is 0. The number of carbonyl (C=O) groups is 3. The maximum absolute atomic E-state index is 12.9. The zero-order valence-corrected chi connectivity index (χ0v) is 19.6. The molecule has 1 spiro atoms. The van der Waals surface area contributed by atoms with Gasteiger partial charge in [-0.3, -0.25) is 4.79 Å². The van der Waals surface area contributed by atoms with Crippen LogP contribution in [0.4, 0.5) is 4.79 Å². The molecule has 9 nitrogen and oxygen atoms in total. The zero-order valence-electron chi connectivity index (χ0n) is 18.8. The number of carboxylic acids is 1. The van der Waals surface area contributed by atoms with Crippen molar-refractivity contribution in [3.8, 4) is 11.5 Å². The van der Waals surface area contributed by atoms with Crippen molar-refractivity contribution in [1.82, 2.24) is 10.2 Å². The van der Waals surface area contributed by atoms with Crippen LogP contribution in [-0.2, 0) is 21.4 Å². The van der Waals surface area contributed by atoms with Crippen molar-refractivity contribution >= 4 is 30.3 Å². The van der Waals surface area contributed by atoms with E-state index >= 15 is 0 Å². The molecule has 0 radical (unpaired) electrons. The van der Waals surface area contributed by atoms with Gasteiger partial charge in [0, 0.05) is 18.0 Å². The standard InChI is InChI=1S/C23H28N2O7.ClH/c1-11(2)17(20(27)28)24-21(29)31-14-5-4-12-10-15-23(30)7-6-13(26)19-22(23,8-9-25(15)3)16(12)18(14)32-19;/h4-5,11,15,17,19,30H,6-10H2,1-3H3,(H,24,29)(H,27,28);1H/t15-,17?,19-,22+,23?;/m1./s1. The molecule has 1 saturated heterocycles. The molecule has 2 heterocycles. The Labute approximate surface area is 197 Å². The first-order chi connectivity index (χ1) is 15.1. The van der Waals surface area contributed by atoms with Crippen molar-refractivity contribution in [2.24, 2.45) is 5.92 Å². The maximum atomic E-state index is 12.9. The number of nitrogens with one attached hydrogen (secondary N) is 1. The van der Waals surface area contributed by atoms with Gasteiger partial charge in [0.05, 0.1) is 11.0 Å². The second-order valence-corrected chi connectivity index (χ2v) is 9.83. The number of Topliss-reactive ketones (excluding diaryl/α,β-unsaturated/α-hetero) is 1. The van der Waals surface area contributed by atoms with E-state index in [1.165, 1.54) is 0 Å². The highest BCUT2D eigenvalue weighted by Gasteiger charge is 2.72. The highest BCUT2D eigenvalue weighted by Crippen LogP contribution is 2.64. The number of nitrogens with zero attached hydrogens (tertiary/aromatic N) is 1. The molecule has 10 heteroatoms. The topological polar surface area (TPSA) is 125 Å². The fourth-order valence-electron chi connectivity index (χ4n) is 6.37. The van der Waals surface area contributed by atoms with Gasteiger partial charge in [0.1, 0.15) is 6.04 Å². The van der Waals surface area contributed by atoms with Crippen LogP contribution in [0.3, 0.4) is 0 Å². The Morgan fingerprint density at radius 1 is 1.30 bits per heavy atom. The van der Waals surface area contributed by atoms with Crippen LogP contribution in [0.2, 0.25) is 0 Å². The summed E-state index contributed by atoms with van der Waals surface area (Å²) in [6, 6.07) is 2.26. The lowest BCUT2D eigenvalue weighted by molar-refractivity contribution is -0.185. The second kappa shape index (κ2) is 7.85. The lowest BCUT2D eigenvalue weighted by Crippen LogP contribution is -2.76. The van der Waals surface area contributed by atoms with Gasteiger partial charge < -0.3 is 29.9 Å². The summed E-state index contributed by atoms with van der Waals surface area (Å²) in [6.45, 7) is 4.10. The van der Waals surface area contributed by atoms with Gasteiger partial charge in [-0.05, 0) is 50.4 Å². The number of carbonyl (C=O) groups excluding carboxylic acids is 2. The Kier molecular flexibility index (Phi) is 5.66. The second-order valence-electron chi connectivity index (χ2n) is 9.83. The molecule has 2 fully saturated rings. The number of hydrogen-bond donors (Lipinski definition) is 3. The molecule has 2 unspecified atom stereocenters. The van der Waals surface area contributed by atoms with Gasteiger partial charge in [0.25, 0.3) is 0 Å². The largest absolute Gasteiger partial charge is 0.480 e. The fourth-order valence-corrected chi connectivity index (χ4v) is 6.37. The normalized spacial score (nSPS) is 32.3. The van der Waals surface area contributed by atoms with Crippen LogP contribution in [0.5, 0.6) is 11.5 Å². The first kappa shape index (κ1) is 23.8. The summed E-state index contributed by atoms with van der Waals surface area (Å²) >= 11 is 0. The zero-order chi connectivity index (χ0) is 23.0. The Bertz CT molecular complexity index is 1030. The fraction of sp³-hybridized carbons (Fsp3) is 0.609. The smallest absolute Gasteiger partial charge is 0.413 e. The molecule has 5 rings (SSSR count). The molecule has 5 atom stereocenters. The average molecular weight is 481 g/mol. The van der Waals surface area contributed by atoms with Gasteiger partial charge in [0.15, 0.2) is 23.4 Å². The highest BCUT2D eigenvalue weighted by atomic mass is 35.5.